The zero-order valence-electron chi connectivity index (χ0n) is 24.2. The molecule has 0 aromatic carbocycles. The Balaban J connectivity index is 4.10. The normalized spacial score (nSPS) is 12.2. The van der Waals surface area contributed by atoms with Crippen LogP contribution in [0.4, 0.5) is 0 Å². The fourth-order valence-electron chi connectivity index (χ4n) is 4.82. The van der Waals surface area contributed by atoms with Crippen molar-refractivity contribution < 1.29 is 19.4 Å². The Morgan fingerprint density at radius 1 is 0.722 bits per heavy atom. The van der Waals surface area contributed by atoms with Gasteiger partial charge in [0.15, 0.2) is 0 Å². The van der Waals surface area contributed by atoms with Crippen molar-refractivity contribution in [3.63, 3.8) is 0 Å². The van der Waals surface area contributed by atoms with E-state index in [1.54, 1.807) is 0 Å². The Bertz CT molecular complexity index is 471. The van der Waals surface area contributed by atoms with Crippen LogP contribution in [-0.4, -0.2) is 55.1 Å². The molecule has 0 saturated heterocycles. The lowest BCUT2D eigenvalue weighted by Gasteiger charge is -2.22. The highest BCUT2D eigenvalue weighted by Gasteiger charge is 2.12. The van der Waals surface area contributed by atoms with Crippen molar-refractivity contribution in [3.8, 4) is 0 Å². The predicted molar refractivity (Wildman–Crippen MR) is 152 cm³/mol. The van der Waals surface area contributed by atoms with Gasteiger partial charge in [-0.25, -0.2) is 0 Å². The molecule has 5 nitrogen and oxygen atoms in total. The third-order valence-corrected chi connectivity index (χ3v) is 7.20. The molecule has 1 unspecified atom stereocenters. The number of hydrogen-bond donors (Lipinski definition) is 1. The van der Waals surface area contributed by atoms with Crippen LogP contribution in [-0.2, 0) is 14.3 Å². The van der Waals surface area contributed by atoms with Crippen molar-refractivity contribution in [1.82, 2.24) is 4.90 Å². The minimum atomic E-state index is -0.0242. The monoisotopic (exact) mass is 511 g/mol. The van der Waals surface area contributed by atoms with Crippen molar-refractivity contribution in [1.29, 1.82) is 0 Å². The lowest BCUT2D eigenvalue weighted by atomic mass is 9.95. The number of carbonyl (C=O) groups is 2. The highest BCUT2D eigenvalue weighted by atomic mass is 16.5. The molecule has 36 heavy (non-hydrogen) atoms. The van der Waals surface area contributed by atoms with Gasteiger partial charge in [-0.1, -0.05) is 90.9 Å². The number of hydrogen-bond acceptors (Lipinski definition) is 5. The minimum absolute atomic E-state index is 0.0242. The van der Waals surface area contributed by atoms with Gasteiger partial charge >= 0.3 is 5.97 Å². The van der Waals surface area contributed by atoms with Gasteiger partial charge in [-0.15, -0.1) is 0 Å². The van der Waals surface area contributed by atoms with E-state index in [1.165, 1.54) is 77.0 Å². The van der Waals surface area contributed by atoms with Crippen LogP contribution in [0.25, 0.3) is 0 Å². The van der Waals surface area contributed by atoms with E-state index >= 15 is 0 Å². The number of aldehydes is 1. The number of aliphatic hydroxyl groups is 1. The second-order valence-electron chi connectivity index (χ2n) is 10.7. The fourth-order valence-corrected chi connectivity index (χ4v) is 4.82. The van der Waals surface area contributed by atoms with Gasteiger partial charge in [-0.05, 0) is 64.0 Å². The first-order valence-electron chi connectivity index (χ1n) is 15.6. The van der Waals surface area contributed by atoms with E-state index in [4.69, 9.17) is 9.84 Å². The molecular formula is C31H61NO4. The molecule has 0 bridgehead atoms. The summed E-state index contributed by atoms with van der Waals surface area (Å²) in [7, 11) is 0. The first-order chi connectivity index (χ1) is 17.7. The number of aliphatic hydroxyl groups excluding tert-OH is 1. The summed E-state index contributed by atoms with van der Waals surface area (Å²) in [5.41, 5.74) is 0. The van der Waals surface area contributed by atoms with Crippen LogP contribution in [0.15, 0.2) is 0 Å². The van der Waals surface area contributed by atoms with Gasteiger partial charge < -0.3 is 19.5 Å². The molecule has 0 aliphatic carbocycles. The zero-order chi connectivity index (χ0) is 26.5. The number of nitrogens with zero attached hydrogens (tertiary/aromatic N) is 1. The minimum Gasteiger partial charge on any atom is -0.465 e. The molecule has 0 fully saturated rings. The number of unbranched alkanes of at least 4 members (excludes halogenated alkanes) is 13. The highest BCUT2D eigenvalue weighted by molar-refractivity contribution is 5.69. The SMILES string of the molecule is CCCCCCCCC(CCCCCC)COC(=O)CCCCCN(CCCO)CCCCCC=O. The van der Waals surface area contributed by atoms with Gasteiger partial charge in [0, 0.05) is 26.0 Å². The molecule has 0 amide bonds. The van der Waals surface area contributed by atoms with Crippen molar-refractivity contribution in [3.05, 3.63) is 0 Å². The van der Waals surface area contributed by atoms with Crippen LogP contribution < -0.4 is 0 Å². The standard InChI is InChI=1S/C31H61NO4/c1-3-5-7-9-10-15-22-30(21-14-8-6-4-2)29-36-31(35)23-16-13-18-25-32(26-20-28-34)24-17-11-12-19-27-33/h27,30,34H,3-26,28-29H2,1-2H3. The van der Waals surface area contributed by atoms with Gasteiger partial charge in [0.1, 0.15) is 6.29 Å². The molecule has 0 aliphatic rings. The Kier molecular flexibility index (Phi) is 27.9. The summed E-state index contributed by atoms with van der Waals surface area (Å²) in [6, 6.07) is 0. The average Bonchev–Trinajstić information content (AvgIpc) is 2.88. The van der Waals surface area contributed by atoms with E-state index in [2.05, 4.69) is 18.7 Å². The van der Waals surface area contributed by atoms with E-state index in [0.29, 0.717) is 25.4 Å². The maximum atomic E-state index is 12.4. The highest BCUT2D eigenvalue weighted by Crippen LogP contribution is 2.20. The van der Waals surface area contributed by atoms with Gasteiger partial charge in [0.2, 0.25) is 0 Å². The van der Waals surface area contributed by atoms with E-state index < -0.39 is 0 Å². The van der Waals surface area contributed by atoms with Gasteiger partial charge in [0.05, 0.1) is 6.61 Å². The Morgan fingerprint density at radius 2 is 1.25 bits per heavy atom. The molecule has 0 spiro atoms. The van der Waals surface area contributed by atoms with Crippen molar-refractivity contribution in [2.24, 2.45) is 5.92 Å². The van der Waals surface area contributed by atoms with Crippen LogP contribution in [0.1, 0.15) is 149 Å². The number of rotatable bonds is 29. The molecule has 5 heteroatoms. The third kappa shape index (κ3) is 24.7. The molecule has 0 rings (SSSR count). The molecule has 0 aromatic heterocycles. The van der Waals surface area contributed by atoms with E-state index in [1.807, 2.05) is 0 Å². The molecule has 0 saturated carbocycles. The molecule has 0 radical (unpaired) electrons. The second kappa shape index (κ2) is 28.6. The summed E-state index contributed by atoms with van der Waals surface area (Å²) in [6.45, 7) is 8.31. The quantitative estimate of drug-likeness (QED) is 0.0628. The van der Waals surface area contributed by atoms with E-state index in [-0.39, 0.29) is 12.6 Å². The van der Waals surface area contributed by atoms with Gasteiger partial charge in [0.25, 0.3) is 0 Å². The fraction of sp³-hybridized carbons (Fsp3) is 0.935. The molecule has 214 valence electrons. The van der Waals surface area contributed by atoms with Crippen LogP contribution in [0.3, 0.4) is 0 Å². The summed E-state index contributed by atoms with van der Waals surface area (Å²) in [6.07, 6.45) is 24.6. The summed E-state index contributed by atoms with van der Waals surface area (Å²) in [4.78, 5) is 25.2. The molecule has 0 heterocycles. The summed E-state index contributed by atoms with van der Waals surface area (Å²) < 4.78 is 5.72. The maximum absolute atomic E-state index is 12.4. The molecule has 0 aromatic rings. The summed E-state index contributed by atoms with van der Waals surface area (Å²) >= 11 is 0. The average molecular weight is 512 g/mol. The van der Waals surface area contributed by atoms with Crippen LogP contribution in [0.5, 0.6) is 0 Å². The topological polar surface area (TPSA) is 66.8 Å². The first kappa shape index (κ1) is 35.1. The number of ether oxygens (including phenoxy) is 1. The smallest absolute Gasteiger partial charge is 0.305 e. The van der Waals surface area contributed by atoms with E-state index in [0.717, 1.165) is 70.9 Å². The summed E-state index contributed by atoms with van der Waals surface area (Å²) in [5, 5.41) is 9.16. The largest absolute Gasteiger partial charge is 0.465 e. The lowest BCUT2D eigenvalue weighted by molar-refractivity contribution is -0.145. The second-order valence-corrected chi connectivity index (χ2v) is 10.7. The van der Waals surface area contributed by atoms with Crippen LogP contribution >= 0.6 is 0 Å². The molecule has 1 N–H and O–H groups in total. The van der Waals surface area contributed by atoms with Gasteiger partial charge in [-0.3, -0.25) is 4.79 Å². The van der Waals surface area contributed by atoms with Crippen LogP contribution in [0, 0.1) is 5.92 Å². The Morgan fingerprint density at radius 3 is 1.86 bits per heavy atom. The maximum Gasteiger partial charge on any atom is 0.305 e. The predicted octanol–water partition coefficient (Wildman–Crippen LogP) is 7.87. The Hall–Kier alpha value is -0.940. The van der Waals surface area contributed by atoms with Gasteiger partial charge in [-0.2, -0.15) is 0 Å². The first-order valence-corrected chi connectivity index (χ1v) is 15.6. The molecule has 0 aliphatic heterocycles. The van der Waals surface area contributed by atoms with Crippen molar-refractivity contribution in [2.45, 2.75) is 149 Å². The number of esters is 1. The zero-order valence-corrected chi connectivity index (χ0v) is 24.2. The van der Waals surface area contributed by atoms with Crippen molar-refractivity contribution in [2.75, 3.05) is 32.8 Å². The van der Waals surface area contributed by atoms with Crippen LogP contribution in [0.2, 0.25) is 0 Å². The Labute approximate surface area is 224 Å². The number of carbonyl (C=O) groups excluding carboxylic acids is 2. The van der Waals surface area contributed by atoms with Crippen molar-refractivity contribution >= 4 is 12.3 Å². The summed E-state index contributed by atoms with van der Waals surface area (Å²) in [5.74, 6) is 0.507. The molecular weight excluding hydrogens is 450 g/mol. The third-order valence-electron chi connectivity index (χ3n) is 7.20. The lowest BCUT2D eigenvalue weighted by Crippen LogP contribution is -2.28. The molecule has 1 atom stereocenters. The van der Waals surface area contributed by atoms with E-state index in [9.17, 15) is 9.59 Å².